The van der Waals surface area contributed by atoms with Crippen molar-refractivity contribution >= 4 is 11.8 Å². The first kappa shape index (κ1) is 16.1. The molecular weight excluding hydrogens is 262 g/mol. The molecule has 1 rings (SSSR count). The fourth-order valence-electron chi connectivity index (χ4n) is 1.82. The van der Waals surface area contributed by atoms with E-state index in [1.807, 2.05) is 12.1 Å². The lowest BCUT2D eigenvalue weighted by Crippen LogP contribution is -2.15. The van der Waals surface area contributed by atoms with E-state index in [1.54, 1.807) is 33.1 Å². The predicted molar refractivity (Wildman–Crippen MR) is 79.4 cm³/mol. The SMILES string of the molecule is CCCSc1cc(OC)c(C(CN)OC)cc1OC. The van der Waals surface area contributed by atoms with Crippen LogP contribution in [0.25, 0.3) is 0 Å². The summed E-state index contributed by atoms with van der Waals surface area (Å²) in [4.78, 5) is 1.08. The summed E-state index contributed by atoms with van der Waals surface area (Å²) >= 11 is 1.76. The van der Waals surface area contributed by atoms with Crippen molar-refractivity contribution in [3.05, 3.63) is 17.7 Å². The van der Waals surface area contributed by atoms with Gasteiger partial charge in [-0.2, -0.15) is 0 Å². The van der Waals surface area contributed by atoms with Crippen LogP contribution < -0.4 is 15.2 Å². The Morgan fingerprint density at radius 1 is 1.16 bits per heavy atom. The average Bonchev–Trinajstić information content (AvgIpc) is 2.46. The van der Waals surface area contributed by atoms with E-state index < -0.39 is 0 Å². The molecule has 2 N–H and O–H groups in total. The molecule has 0 aromatic heterocycles. The van der Waals surface area contributed by atoms with Crippen LogP contribution in [0, 0.1) is 0 Å². The zero-order valence-electron chi connectivity index (χ0n) is 12.1. The highest BCUT2D eigenvalue weighted by molar-refractivity contribution is 7.99. The Hall–Kier alpha value is -0.910. The summed E-state index contributed by atoms with van der Waals surface area (Å²) in [5, 5.41) is 0. The Labute approximate surface area is 119 Å². The minimum atomic E-state index is -0.186. The van der Waals surface area contributed by atoms with Crippen LogP contribution in [0.3, 0.4) is 0 Å². The fraction of sp³-hybridized carbons (Fsp3) is 0.571. The molecule has 1 atom stereocenters. The summed E-state index contributed by atoms with van der Waals surface area (Å²) in [6.07, 6.45) is 0.926. The normalized spacial score (nSPS) is 12.3. The molecule has 0 aliphatic rings. The molecule has 0 amide bonds. The standard InChI is InChI=1S/C14H23NO3S/c1-5-6-19-14-8-11(16-2)10(7-12(14)17-3)13(9-15)18-4/h7-8,13H,5-6,9,15H2,1-4H3. The van der Waals surface area contributed by atoms with Gasteiger partial charge in [-0.15, -0.1) is 11.8 Å². The summed E-state index contributed by atoms with van der Waals surface area (Å²) in [6.45, 7) is 2.55. The topological polar surface area (TPSA) is 53.7 Å². The molecule has 0 aliphatic heterocycles. The van der Waals surface area contributed by atoms with E-state index in [-0.39, 0.29) is 6.10 Å². The molecule has 108 valence electrons. The molecule has 0 heterocycles. The maximum Gasteiger partial charge on any atom is 0.133 e. The summed E-state index contributed by atoms with van der Waals surface area (Å²) in [5.41, 5.74) is 6.64. The van der Waals surface area contributed by atoms with E-state index in [2.05, 4.69) is 6.92 Å². The van der Waals surface area contributed by atoms with E-state index in [9.17, 15) is 0 Å². The first-order chi connectivity index (χ1) is 9.21. The number of ether oxygens (including phenoxy) is 3. The quantitative estimate of drug-likeness (QED) is 0.744. The van der Waals surface area contributed by atoms with Crippen molar-refractivity contribution in [2.75, 3.05) is 33.6 Å². The van der Waals surface area contributed by atoms with Crippen molar-refractivity contribution in [2.24, 2.45) is 5.73 Å². The molecule has 0 bridgehead atoms. The van der Waals surface area contributed by atoms with Crippen LogP contribution in [-0.2, 0) is 4.74 Å². The zero-order chi connectivity index (χ0) is 14.3. The lowest BCUT2D eigenvalue weighted by atomic mass is 10.1. The van der Waals surface area contributed by atoms with Crippen molar-refractivity contribution < 1.29 is 14.2 Å². The number of rotatable bonds is 8. The highest BCUT2D eigenvalue weighted by Gasteiger charge is 2.18. The number of hydrogen-bond donors (Lipinski definition) is 1. The molecular formula is C14H23NO3S. The molecule has 0 radical (unpaired) electrons. The van der Waals surface area contributed by atoms with Crippen LogP contribution in [0.2, 0.25) is 0 Å². The van der Waals surface area contributed by atoms with E-state index >= 15 is 0 Å². The molecule has 19 heavy (non-hydrogen) atoms. The van der Waals surface area contributed by atoms with Crippen LogP contribution in [-0.4, -0.2) is 33.6 Å². The first-order valence-corrected chi connectivity index (χ1v) is 7.31. The third-order valence-corrected chi connectivity index (χ3v) is 4.07. The van der Waals surface area contributed by atoms with Gasteiger partial charge in [0.15, 0.2) is 0 Å². The van der Waals surface area contributed by atoms with Crippen LogP contribution >= 0.6 is 11.8 Å². The maximum absolute atomic E-state index is 5.72. The lowest BCUT2D eigenvalue weighted by molar-refractivity contribution is 0.107. The second kappa shape index (κ2) is 8.30. The second-order valence-corrected chi connectivity index (χ2v) is 5.19. The number of hydrogen-bond acceptors (Lipinski definition) is 5. The monoisotopic (exact) mass is 285 g/mol. The van der Waals surface area contributed by atoms with Gasteiger partial charge in [-0.1, -0.05) is 6.92 Å². The highest BCUT2D eigenvalue weighted by Crippen LogP contribution is 2.38. The Morgan fingerprint density at radius 2 is 1.84 bits per heavy atom. The molecule has 0 fully saturated rings. The van der Waals surface area contributed by atoms with Gasteiger partial charge in [0.2, 0.25) is 0 Å². The van der Waals surface area contributed by atoms with Gasteiger partial charge in [0, 0.05) is 19.2 Å². The van der Waals surface area contributed by atoms with E-state index in [0.717, 1.165) is 34.1 Å². The van der Waals surface area contributed by atoms with Crippen LogP contribution in [0.4, 0.5) is 0 Å². The van der Waals surface area contributed by atoms with Gasteiger partial charge in [-0.25, -0.2) is 0 Å². The van der Waals surface area contributed by atoms with Crippen molar-refractivity contribution in [3.63, 3.8) is 0 Å². The van der Waals surface area contributed by atoms with E-state index in [0.29, 0.717) is 6.54 Å². The van der Waals surface area contributed by atoms with Gasteiger partial charge >= 0.3 is 0 Å². The van der Waals surface area contributed by atoms with Gasteiger partial charge in [0.1, 0.15) is 11.5 Å². The van der Waals surface area contributed by atoms with Crippen molar-refractivity contribution in [1.29, 1.82) is 0 Å². The van der Waals surface area contributed by atoms with Gasteiger partial charge in [-0.05, 0) is 24.3 Å². The first-order valence-electron chi connectivity index (χ1n) is 6.33. The summed E-state index contributed by atoms with van der Waals surface area (Å²) in [7, 11) is 4.97. The van der Waals surface area contributed by atoms with Crippen molar-refractivity contribution in [2.45, 2.75) is 24.3 Å². The minimum Gasteiger partial charge on any atom is -0.496 e. The summed E-state index contributed by atoms with van der Waals surface area (Å²) in [5.74, 6) is 2.67. The van der Waals surface area contributed by atoms with Crippen LogP contribution in [0.15, 0.2) is 17.0 Å². The maximum atomic E-state index is 5.72. The number of benzene rings is 1. The summed E-state index contributed by atoms with van der Waals surface area (Å²) in [6, 6.07) is 3.95. The Balaban J connectivity index is 3.18. The average molecular weight is 285 g/mol. The molecule has 0 spiro atoms. The summed E-state index contributed by atoms with van der Waals surface area (Å²) < 4.78 is 16.3. The Bertz CT molecular complexity index is 395. The molecule has 4 nitrogen and oxygen atoms in total. The highest BCUT2D eigenvalue weighted by atomic mass is 32.2. The van der Waals surface area contributed by atoms with E-state index in [4.69, 9.17) is 19.9 Å². The van der Waals surface area contributed by atoms with Crippen molar-refractivity contribution in [1.82, 2.24) is 0 Å². The van der Waals surface area contributed by atoms with Crippen molar-refractivity contribution in [3.8, 4) is 11.5 Å². The second-order valence-electron chi connectivity index (χ2n) is 4.05. The minimum absolute atomic E-state index is 0.186. The van der Waals surface area contributed by atoms with Crippen LogP contribution in [0.1, 0.15) is 25.0 Å². The molecule has 1 aromatic rings. The van der Waals surface area contributed by atoms with Gasteiger partial charge < -0.3 is 19.9 Å². The molecule has 1 aromatic carbocycles. The third-order valence-electron chi connectivity index (χ3n) is 2.82. The van der Waals surface area contributed by atoms with Crippen LogP contribution in [0.5, 0.6) is 11.5 Å². The molecule has 0 saturated heterocycles. The number of nitrogens with two attached hydrogens (primary N) is 1. The number of thioether (sulfide) groups is 1. The molecule has 0 aliphatic carbocycles. The Kier molecular flexibility index (Phi) is 7.05. The molecule has 0 saturated carbocycles. The largest absolute Gasteiger partial charge is 0.496 e. The smallest absolute Gasteiger partial charge is 0.133 e. The molecule has 1 unspecified atom stereocenters. The third kappa shape index (κ3) is 4.03. The van der Waals surface area contributed by atoms with Gasteiger partial charge in [0.25, 0.3) is 0 Å². The predicted octanol–water partition coefficient (Wildman–Crippen LogP) is 2.85. The molecule has 5 heteroatoms. The fourth-order valence-corrected chi connectivity index (χ4v) is 2.72. The number of methoxy groups -OCH3 is 3. The Morgan fingerprint density at radius 3 is 2.32 bits per heavy atom. The lowest BCUT2D eigenvalue weighted by Gasteiger charge is -2.19. The van der Waals surface area contributed by atoms with Gasteiger partial charge in [-0.3, -0.25) is 0 Å². The van der Waals surface area contributed by atoms with E-state index in [1.165, 1.54) is 0 Å². The zero-order valence-corrected chi connectivity index (χ0v) is 12.9. The van der Waals surface area contributed by atoms with Gasteiger partial charge in [0.05, 0.1) is 25.2 Å².